The van der Waals surface area contributed by atoms with Crippen molar-refractivity contribution in [3.05, 3.63) is 47.8 Å². The number of nitrogens with zero attached hydrogens (tertiary/aromatic N) is 2. The average molecular weight is 229 g/mol. The van der Waals surface area contributed by atoms with Crippen LogP contribution in [0.2, 0.25) is 0 Å². The number of rotatable bonds is 2. The average Bonchev–Trinajstić information content (AvgIpc) is 2.39. The van der Waals surface area contributed by atoms with Crippen LogP contribution in [0.1, 0.15) is 15.9 Å². The zero-order valence-electron chi connectivity index (χ0n) is 9.21. The molecule has 0 radical (unpaired) electrons. The molecule has 0 unspecified atom stereocenters. The lowest BCUT2D eigenvalue weighted by molar-refractivity contribution is 0.0705. The number of aryl methyl sites for hydroxylation is 1. The van der Waals surface area contributed by atoms with Crippen LogP contribution in [0, 0.1) is 6.92 Å². The highest BCUT2D eigenvalue weighted by Crippen LogP contribution is 2.14. The molecule has 0 aliphatic carbocycles. The Morgan fingerprint density at radius 1 is 1.18 bits per heavy atom. The van der Waals surface area contributed by atoms with E-state index in [1.807, 2.05) is 31.2 Å². The number of benzene rings is 1. The monoisotopic (exact) mass is 229 g/mol. The first-order chi connectivity index (χ1) is 8.20. The predicted molar refractivity (Wildman–Crippen MR) is 61.5 cm³/mol. The fourth-order valence-corrected chi connectivity index (χ4v) is 1.36. The van der Waals surface area contributed by atoms with Gasteiger partial charge in [-0.1, -0.05) is 29.8 Å². The fraction of sp³-hybridized carbons (Fsp3) is 0.0833. The first-order valence-corrected chi connectivity index (χ1v) is 5.04. The zero-order valence-corrected chi connectivity index (χ0v) is 9.21. The SMILES string of the molecule is Cc1ccc(-c2ncc(C(=O)NO)cn2)cc1. The number of hydroxylamine groups is 1. The summed E-state index contributed by atoms with van der Waals surface area (Å²) in [6.45, 7) is 2.00. The van der Waals surface area contributed by atoms with Crippen LogP contribution in [-0.4, -0.2) is 21.1 Å². The molecule has 17 heavy (non-hydrogen) atoms. The summed E-state index contributed by atoms with van der Waals surface area (Å²) >= 11 is 0. The Bertz CT molecular complexity index is 520. The van der Waals surface area contributed by atoms with E-state index in [0.29, 0.717) is 5.82 Å². The van der Waals surface area contributed by atoms with Crippen LogP contribution in [0.15, 0.2) is 36.7 Å². The molecular weight excluding hydrogens is 218 g/mol. The van der Waals surface area contributed by atoms with E-state index in [2.05, 4.69) is 9.97 Å². The van der Waals surface area contributed by atoms with E-state index in [1.54, 1.807) is 0 Å². The number of hydrogen-bond acceptors (Lipinski definition) is 4. The minimum Gasteiger partial charge on any atom is -0.288 e. The largest absolute Gasteiger partial charge is 0.288 e. The Morgan fingerprint density at radius 2 is 1.76 bits per heavy atom. The molecule has 2 rings (SSSR count). The Morgan fingerprint density at radius 3 is 2.29 bits per heavy atom. The summed E-state index contributed by atoms with van der Waals surface area (Å²) in [6.07, 6.45) is 2.74. The quantitative estimate of drug-likeness (QED) is 0.605. The maximum atomic E-state index is 11.1. The smallest absolute Gasteiger partial charge is 0.277 e. The predicted octanol–water partition coefficient (Wildman–Crippen LogP) is 1.57. The van der Waals surface area contributed by atoms with Gasteiger partial charge < -0.3 is 0 Å². The Labute approximate surface area is 98.1 Å². The molecule has 1 amide bonds. The van der Waals surface area contributed by atoms with Crippen molar-refractivity contribution in [1.82, 2.24) is 15.4 Å². The summed E-state index contributed by atoms with van der Waals surface area (Å²) in [5.41, 5.74) is 3.78. The van der Waals surface area contributed by atoms with E-state index in [0.717, 1.165) is 11.1 Å². The van der Waals surface area contributed by atoms with E-state index in [-0.39, 0.29) is 5.56 Å². The van der Waals surface area contributed by atoms with Gasteiger partial charge in [-0.2, -0.15) is 0 Å². The van der Waals surface area contributed by atoms with Gasteiger partial charge >= 0.3 is 0 Å². The second-order valence-corrected chi connectivity index (χ2v) is 3.60. The molecular formula is C12H11N3O2. The van der Waals surface area contributed by atoms with Gasteiger partial charge in [0.2, 0.25) is 0 Å². The van der Waals surface area contributed by atoms with Crippen molar-refractivity contribution in [2.75, 3.05) is 0 Å². The summed E-state index contributed by atoms with van der Waals surface area (Å²) in [6, 6.07) is 7.76. The molecule has 1 aromatic carbocycles. The highest BCUT2D eigenvalue weighted by atomic mass is 16.5. The molecule has 1 aromatic heterocycles. The molecule has 2 aromatic rings. The first-order valence-electron chi connectivity index (χ1n) is 5.04. The molecule has 0 bridgehead atoms. The number of carbonyl (C=O) groups is 1. The fourth-order valence-electron chi connectivity index (χ4n) is 1.36. The zero-order chi connectivity index (χ0) is 12.3. The van der Waals surface area contributed by atoms with Crippen LogP contribution in [0.25, 0.3) is 11.4 Å². The van der Waals surface area contributed by atoms with Crippen LogP contribution < -0.4 is 5.48 Å². The van der Waals surface area contributed by atoms with Gasteiger partial charge in [0, 0.05) is 18.0 Å². The van der Waals surface area contributed by atoms with Gasteiger partial charge in [0.25, 0.3) is 5.91 Å². The number of aromatic nitrogens is 2. The van der Waals surface area contributed by atoms with Crippen molar-refractivity contribution in [3.8, 4) is 11.4 Å². The lowest BCUT2D eigenvalue weighted by Crippen LogP contribution is -2.19. The third kappa shape index (κ3) is 2.46. The second kappa shape index (κ2) is 4.71. The normalized spacial score (nSPS) is 10.0. The van der Waals surface area contributed by atoms with Gasteiger partial charge in [-0.3, -0.25) is 10.0 Å². The summed E-state index contributed by atoms with van der Waals surface area (Å²) in [7, 11) is 0. The van der Waals surface area contributed by atoms with Crippen molar-refractivity contribution in [2.45, 2.75) is 6.92 Å². The Kier molecular flexibility index (Phi) is 3.11. The van der Waals surface area contributed by atoms with Crippen LogP contribution in [0.3, 0.4) is 0 Å². The number of nitrogens with one attached hydrogen (secondary N) is 1. The van der Waals surface area contributed by atoms with Gasteiger partial charge in [0.05, 0.1) is 5.56 Å². The minimum absolute atomic E-state index is 0.211. The number of amides is 1. The van der Waals surface area contributed by atoms with Crippen LogP contribution in [0.4, 0.5) is 0 Å². The van der Waals surface area contributed by atoms with Crippen molar-refractivity contribution < 1.29 is 10.0 Å². The van der Waals surface area contributed by atoms with Gasteiger partial charge in [-0.15, -0.1) is 0 Å². The highest BCUT2D eigenvalue weighted by molar-refractivity contribution is 5.92. The molecule has 1 heterocycles. The summed E-state index contributed by atoms with van der Waals surface area (Å²) in [4.78, 5) is 19.2. The molecule has 0 saturated heterocycles. The highest BCUT2D eigenvalue weighted by Gasteiger charge is 2.06. The van der Waals surface area contributed by atoms with Gasteiger partial charge in [-0.05, 0) is 6.92 Å². The number of hydrogen-bond donors (Lipinski definition) is 2. The van der Waals surface area contributed by atoms with Crippen molar-refractivity contribution >= 4 is 5.91 Å². The molecule has 0 aliphatic heterocycles. The molecule has 5 heteroatoms. The van der Waals surface area contributed by atoms with E-state index in [1.165, 1.54) is 17.9 Å². The maximum absolute atomic E-state index is 11.1. The van der Waals surface area contributed by atoms with Gasteiger partial charge in [0.1, 0.15) is 0 Å². The second-order valence-electron chi connectivity index (χ2n) is 3.60. The molecule has 86 valence electrons. The van der Waals surface area contributed by atoms with Crippen molar-refractivity contribution in [2.24, 2.45) is 0 Å². The lowest BCUT2D eigenvalue weighted by Gasteiger charge is -2.02. The van der Waals surface area contributed by atoms with Gasteiger partial charge in [0.15, 0.2) is 5.82 Å². The van der Waals surface area contributed by atoms with E-state index >= 15 is 0 Å². The summed E-state index contributed by atoms with van der Waals surface area (Å²) < 4.78 is 0. The van der Waals surface area contributed by atoms with E-state index in [9.17, 15) is 4.79 Å². The summed E-state index contributed by atoms with van der Waals surface area (Å²) in [5.74, 6) is -0.0834. The first kappa shape index (κ1) is 11.2. The molecule has 5 nitrogen and oxygen atoms in total. The molecule has 2 N–H and O–H groups in total. The minimum atomic E-state index is -0.625. The topological polar surface area (TPSA) is 75.1 Å². The Hall–Kier alpha value is -2.27. The molecule has 0 fully saturated rings. The van der Waals surface area contributed by atoms with Crippen molar-refractivity contribution in [3.63, 3.8) is 0 Å². The molecule has 0 aliphatic rings. The van der Waals surface area contributed by atoms with Crippen LogP contribution >= 0.6 is 0 Å². The van der Waals surface area contributed by atoms with Gasteiger partial charge in [-0.25, -0.2) is 15.4 Å². The number of carbonyl (C=O) groups excluding carboxylic acids is 1. The standard InChI is InChI=1S/C12H11N3O2/c1-8-2-4-9(5-3-8)11-13-6-10(7-14-11)12(16)15-17/h2-7,17H,1H3,(H,15,16). The van der Waals surface area contributed by atoms with Crippen LogP contribution in [0.5, 0.6) is 0 Å². The molecule has 0 saturated carbocycles. The Balaban J connectivity index is 2.29. The summed E-state index contributed by atoms with van der Waals surface area (Å²) in [5, 5.41) is 8.45. The third-order valence-electron chi connectivity index (χ3n) is 2.33. The third-order valence-corrected chi connectivity index (χ3v) is 2.33. The van der Waals surface area contributed by atoms with Crippen molar-refractivity contribution in [1.29, 1.82) is 0 Å². The molecule has 0 atom stereocenters. The van der Waals surface area contributed by atoms with E-state index in [4.69, 9.17) is 5.21 Å². The lowest BCUT2D eigenvalue weighted by atomic mass is 10.1. The molecule has 0 spiro atoms. The maximum Gasteiger partial charge on any atom is 0.277 e. The van der Waals surface area contributed by atoms with E-state index < -0.39 is 5.91 Å². The van der Waals surface area contributed by atoms with Crippen LogP contribution in [-0.2, 0) is 0 Å².